The third kappa shape index (κ3) is 4.33. The van der Waals surface area contributed by atoms with E-state index in [1.165, 1.54) is 5.56 Å². The second-order valence-electron chi connectivity index (χ2n) is 6.06. The molecule has 8 nitrogen and oxygen atoms in total. The highest BCUT2D eigenvalue weighted by Crippen LogP contribution is 2.20. The average molecular weight is 345 g/mol. The largest absolute Gasteiger partial charge is 0.497 e. The Morgan fingerprint density at radius 1 is 1.36 bits per heavy atom. The molecular formula is C17H23N5O3. The van der Waals surface area contributed by atoms with E-state index in [0.717, 1.165) is 18.6 Å². The average Bonchev–Trinajstić information content (AvgIpc) is 3.08. The summed E-state index contributed by atoms with van der Waals surface area (Å²) in [6.45, 7) is 1.61. The number of benzene rings is 1. The van der Waals surface area contributed by atoms with Crippen LogP contribution in [0, 0.1) is 0 Å². The summed E-state index contributed by atoms with van der Waals surface area (Å²) in [4.78, 5) is 14.3. The van der Waals surface area contributed by atoms with Crippen LogP contribution in [0.3, 0.4) is 0 Å². The summed E-state index contributed by atoms with van der Waals surface area (Å²) in [5, 5.41) is 11.4. The quantitative estimate of drug-likeness (QED) is 0.781. The van der Waals surface area contributed by atoms with Crippen molar-refractivity contribution in [3.63, 3.8) is 0 Å². The smallest absolute Gasteiger partial charge is 0.222 e. The normalized spacial score (nSPS) is 17.5. The lowest BCUT2D eigenvalue weighted by Gasteiger charge is -2.32. The number of ether oxygens (including phenoxy) is 2. The van der Waals surface area contributed by atoms with Crippen LogP contribution in [0.4, 0.5) is 0 Å². The van der Waals surface area contributed by atoms with Crippen LogP contribution in [0.25, 0.3) is 0 Å². The van der Waals surface area contributed by atoms with Crippen molar-refractivity contribution >= 4 is 5.91 Å². The summed E-state index contributed by atoms with van der Waals surface area (Å²) in [6.07, 6.45) is 1.95. The molecule has 3 rings (SSSR count). The summed E-state index contributed by atoms with van der Waals surface area (Å²) in [5.41, 5.74) is 1.21. The van der Waals surface area contributed by atoms with Crippen LogP contribution < -0.4 is 4.74 Å². The molecule has 0 radical (unpaired) electrons. The molecule has 1 amide bonds. The molecule has 2 aromatic rings. The minimum atomic E-state index is -0.265. The minimum absolute atomic E-state index is 0.150. The van der Waals surface area contributed by atoms with Gasteiger partial charge in [-0.05, 0) is 41.0 Å². The van der Waals surface area contributed by atoms with Crippen LogP contribution in [-0.2, 0) is 23.0 Å². The maximum atomic E-state index is 12.5. The van der Waals surface area contributed by atoms with E-state index in [4.69, 9.17) is 9.47 Å². The van der Waals surface area contributed by atoms with Gasteiger partial charge in [0.05, 0.1) is 20.3 Å². The molecule has 0 spiro atoms. The first-order chi connectivity index (χ1) is 12.2. The highest BCUT2D eigenvalue weighted by molar-refractivity contribution is 5.76. The number of amides is 1. The number of rotatable bonds is 6. The Morgan fingerprint density at radius 2 is 2.16 bits per heavy atom. The molecule has 2 heterocycles. The van der Waals surface area contributed by atoms with Gasteiger partial charge in [-0.25, -0.2) is 4.68 Å². The number of tetrazole rings is 1. The summed E-state index contributed by atoms with van der Waals surface area (Å²) in [6, 6.07) is 7.96. The Hall–Kier alpha value is -2.48. The summed E-state index contributed by atoms with van der Waals surface area (Å²) in [7, 11) is 3.43. The molecule has 1 aliphatic heterocycles. The van der Waals surface area contributed by atoms with Crippen molar-refractivity contribution in [3.8, 4) is 5.75 Å². The Kier molecular flexibility index (Phi) is 5.60. The number of aromatic nitrogens is 4. The highest BCUT2D eigenvalue weighted by Gasteiger charge is 2.28. The highest BCUT2D eigenvalue weighted by atomic mass is 16.5. The molecule has 0 bridgehead atoms. The van der Waals surface area contributed by atoms with Gasteiger partial charge >= 0.3 is 0 Å². The van der Waals surface area contributed by atoms with Gasteiger partial charge in [0, 0.05) is 20.0 Å². The van der Waals surface area contributed by atoms with Gasteiger partial charge in [0.2, 0.25) is 5.91 Å². The summed E-state index contributed by atoms with van der Waals surface area (Å²) in [5.74, 6) is 1.64. The number of morpholine rings is 1. The number of nitrogens with zero attached hydrogens (tertiary/aromatic N) is 5. The maximum Gasteiger partial charge on any atom is 0.222 e. The molecule has 1 aromatic carbocycles. The lowest BCUT2D eigenvalue weighted by molar-refractivity contribution is -0.139. The molecule has 25 heavy (non-hydrogen) atoms. The summed E-state index contributed by atoms with van der Waals surface area (Å²) < 4.78 is 12.4. The molecule has 1 aromatic heterocycles. The third-order valence-corrected chi connectivity index (χ3v) is 4.38. The molecule has 0 N–H and O–H groups in total. The van der Waals surface area contributed by atoms with Crippen LogP contribution in [0.1, 0.15) is 30.3 Å². The Balaban J connectivity index is 1.48. The fourth-order valence-corrected chi connectivity index (χ4v) is 2.94. The first-order valence-electron chi connectivity index (χ1n) is 8.42. The fourth-order valence-electron chi connectivity index (χ4n) is 2.94. The second kappa shape index (κ2) is 8.06. The van der Waals surface area contributed by atoms with Gasteiger partial charge in [0.25, 0.3) is 0 Å². The van der Waals surface area contributed by atoms with Crippen LogP contribution >= 0.6 is 0 Å². The van der Waals surface area contributed by atoms with Crippen molar-refractivity contribution in [2.45, 2.75) is 25.4 Å². The van der Waals surface area contributed by atoms with Crippen molar-refractivity contribution in [3.05, 3.63) is 35.7 Å². The Labute approximate surface area is 146 Å². The Morgan fingerprint density at radius 3 is 2.84 bits per heavy atom. The van der Waals surface area contributed by atoms with E-state index < -0.39 is 0 Å². The van der Waals surface area contributed by atoms with Crippen molar-refractivity contribution < 1.29 is 14.3 Å². The standard InChI is InChI=1S/C17H23N5O3/c1-21-17(18-19-20-21)15-12-22(10-11-25-15)16(23)5-3-4-13-6-8-14(24-2)9-7-13/h6-9,15H,3-5,10-12H2,1-2H3. The van der Waals surface area contributed by atoms with Gasteiger partial charge in [-0.3, -0.25) is 4.79 Å². The molecule has 1 fully saturated rings. The fraction of sp³-hybridized carbons (Fsp3) is 0.529. The lowest BCUT2D eigenvalue weighted by atomic mass is 10.1. The van der Waals surface area contributed by atoms with Crippen molar-refractivity contribution in [2.75, 3.05) is 26.8 Å². The number of carbonyl (C=O) groups excluding carboxylic acids is 1. The zero-order valence-corrected chi connectivity index (χ0v) is 14.6. The van der Waals surface area contributed by atoms with E-state index in [-0.39, 0.29) is 12.0 Å². The van der Waals surface area contributed by atoms with Crippen LogP contribution in [-0.4, -0.2) is 57.8 Å². The molecule has 1 saturated heterocycles. The van der Waals surface area contributed by atoms with Gasteiger partial charge in [0.1, 0.15) is 11.9 Å². The number of hydrogen-bond acceptors (Lipinski definition) is 6. The van der Waals surface area contributed by atoms with Gasteiger partial charge in [-0.2, -0.15) is 0 Å². The number of methoxy groups -OCH3 is 1. The lowest BCUT2D eigenvalue weighted by Crippen LogP contribution is -2.42. The van der Waals surface area contributed by atoms with Crippen LogP contribution in [0.5, 0.6) is 5.75 Å². The molecule has 0 aliphatic carbocycles. The molecule has 1 unspecified atom stereocenters. The van der Waals surface area contributed by atoms with Gasteiger partial charge in [-0.1, -0.05) is 12.1 Å². The molecule has 134 valence electrons. The van der Waals surface area contributed by atoms with Crippen molar-refractivity contribution in [1.82, 2.24) is 25.1 Å². The molecular weight excluding hydrogens is 322 g/mol. The molecule has 8 heteroatoms. The molecule has 0 saturated carbocycles. The van der Waals surface area contributed by atoms with Crippen molar-refractivity contribution in [2.24, 2.45) is 7.05 Å². The first kappa shape index (κ1) is 17.3. The van der Waals surface area contributed by atoms with Crippen LogP contribution in [0.2, 0.25) is 0 Å². The number of hydrogen-bond donors (Lipinski definition) is 0. The summed E-state index contributed by atoms with van der Waals surface area (Å²) >= 11 is 0. The predicted octanol–water partition coefficient (Wildman–Crippen LogP) is 1.14. The monoisotopic (exact) mass is 345 g/mol. The van der Waals surface area contributed by atoms with E-state index in [2.05, 4.69) is 15.5 Å². The number of aryl methyl sites for hydroxylation is 2. The second-order valence-corrected chi connectivity index (χ2v) is 6.06. The van der Waals surface area contributed by atoms with Gasteiger partial charge in [0.15, 0.2) is 5.82 Å². The third-order valence-electron chi connectivity index (χ3n) is 4.38. The van der Waals surface area contributed by atoms with E-state index >= 15 is 0 Å². The van der Waals surface area contributed by atoms with E-state index in [1.807, 2.05) is 29.2 Å². The van der Waals surface area contributed by atoms with E-state index in [0.29, 0.717) is 31.9 Å². The number of carbonyl (C=O) groups is 1. The first-order valence-corrected chi connectivity index (χ1v) is 8.42. The topological polar surface area (TPSA) is 82.4 Å². The zero-order valence-electron chi connectivity index (χ0n) is 14.6. The Bertz CT molecular complexity index is 701. The minimum Gasteiger partial charge on any atom is -0.497 e. The predicted molar refractivity (Wildman–Crippen MR) is 90.0 cm³/mol. The van der Waals surface area contributed by atoms with Gasteiger partial charge in [-0.15, -0.1) is 5.10 Å². The molecule has 1 aliphatic rings. The van der Waals surface area contributed by atoms with Gasteiger partial charge < -0.3 is 14.4 Å². The van der Waals surface area contributed by atoms with E-state index in [9.17, 15) is 4.79 Å². The molecule has 1 atom stereocenters. The van der Waals surface area contributed by atoms with Crippen molar-refractivity contribution in [1.29, 1.82) is 0 Å². The van der Waals surface area contributed by atoms with E-state index in [1.54, 1.807) is 18.8 Å². The van der Waals surface area contributed by atoms with Crippen LogP contribution in [0.15, 0.2) is 24.3 Å². The maximum absolute atomic E-state index is 12.5. The zero-order chi connectivity index (χ0) is 17.6. The SMILES string of the molecule is COc1ccc(CCCC(=O)N2CCOC(c3nnnn3C)C2)cc1.